The Bertz CT molecular complexity index is 1450. The number of pyridine rings is 1. The molecule has 0 fully saturated rings. The van der Waals surface area contributed by atoms with E-state index in [9.17, 15) is 18.0 Å². The van der Waals surface area contributed by atoms with E-state index in [0.29, 0.717) is 11.4 Å². The number of aromatic nitrogens is 6. The van der Waals surface area contributed by atoms with E-state index in [1.54, 1.807) is 24.0 Å². The summed E-state index contributed by atoms with van der Waals surface area (Å²) in [4.78, 5) is 22.4. The van der Waals surface area contributed by atoms with Gasteiger partial charge in [-0.1, -0.05) is 23.2 Å². The fourth-order valence-electron chi connectivity index (χ4n) is 3.92. The molecule has 0 unspecified atom stereocenters. The third kappa shape index (κ3) is 3.44. The van der Waals surface area contributed by atoms with Gasteiger partial charge in [0, 0.05) is 25.9 Å². The van der Waals surface area contributed by atoms with Crippen molar-refractivity contribution in [3.05, 3.63) is 52.7 Å². The van der Waals surface area contributed by atoms with Gasteiger partial charge in [0.15, 0.2) is 10.8 Å². The van der Waals surface area contributed by atoms with Crippen LogP contribution in [0.25, 0.3) is 17.0 Å². The van der Waals surface area contributed by atoms with E-state index in [-0.39, 0.29) is 32.9 Å². The van der Waals surface area contributed by atoms with Crippen LogP contribution in [0, 0.1) is 0 Å². The molecule has 0 aromatic carbocycles. The SMILES string of the molecule is Cn1ccc(-c2ncc(NC(=O)N3C[C@@](C)(C(F)(F)F)c4c3cnc3cc(Cl)nn43)cc2Cl)n1. The Balaban J connectivity index is 1.50. The fourth-order valence-corrected chi connectivity index (χ4v) is 4.36. The zero-order valence-electron chi connectivity index (χ0n) is 17.6. The molecule has 0 spiro atoms. The van der Waals surface area contributed by atoms with Gasteiger partial charge in [-0.2, -0.15) is 23.4 Å². The predicted octanol–water partition coefficient (Wildman–Crippen LogP) is 4.70. The summed E-state index contributed by atoms with van der Waals surface area (Å²) < 4.78 is 45.2. The minimum Gasteiger partial charge on any atom is -0.306 e. The van der Waals surface area contributed by atoms with Gasteiger partial charge in [-0.15, -0.1) is 0 Å². The first-order valence-electron chi connectivity index (χ1n) is 9.83. The average molecular weight is 511 g/mol. The monoisotopic (exact) mass is 510 g/mol. The molecule has 5 heterocycles. The maximum absolute atomic E-state index is 14.2. The van der Waals surface area contributed by atoms with Crippen LogP contribution in [0.2, 0.25) is 10.2 Å². The molecule has 5 rings (SSSR count). The fraction of sp³-hybridized carbons (Fsp3) is 0.250. The highest BCUT2D eigenvalue weighted by Gasteiger charge is 2.60. The van der Waals surface area contributed by atoms with E-state index < -0.39 is 24.2 Å². The summed E-state index contributed by atoms with van der Waals surface area (Å²) in [5.41, 5.74) is -1.39. The van der Waals surface area contributed by atoms with Crippen molar-refractivity contribution >= 4 is 46.3 Å². The molecule has 34 heavy (non-hydrogen) atoms. The van der Waals surface area contributed by atoms with Gasteiger partial charge in [0.25, 0.3) is 0 Å². The summed E-state index contributed by atoms with van der Waals surface area (Å²) in [7, 11) is 1.74. The van der Waals surface area contributed by atoms with Crippen LogP contribution in [0.1, 0.15) is 12.6 Å². The number of nitrogens with zero attached hydrogens (tertiary/aromatic N) is 7. The normalized spacial score (nSPS) is 17.9. The lowest BCUT2D eigenvalue weighted by Crippen LogP contribution is -2.46. The number of halogens is 5. The Morgan fingerprint density at radius 3 is 2.59 bits per heavy atom. The van der Waals surface area contributed by atoms with Crippen molar-refractivity contribution in [1.82, 2.24) is 29.4 Å². The molecule has 1 N–H and O–H groups in total. The van der Waals surface area contributed by atoms with Crippen LogP contribution >= 0.6 is 23.2 Å². The van der Waals surface area contributed by atoms with Gasteiger partial charge >= 0.3 is 12.2 Å². The minimum absolute atomic E-state index is 0.0120. The van der Waals surface area contributed by atoms with E-state index in [4.69, 9.17) is 23.2 Å². The Morgan fingerprint density at radius 1 is 1.18 bits per heavy atom. The van der Waals surface area contributed by atoms with Gasteiger partial charge in [0.05, 0.1) is 34.5 Å². The molecule has 2 amide bonds. The third-order valence-corrected chi connectivity index (χ3v) is 6.11. The van der Waals surface area contributed by atoms with E-state index in [2.05, 4.69) is 25.5 Å². The Kier molecular flexibility index (Phi) is 4.99. The first-order chi connectivity index (χ1) is 16.0. The molecule has 0 saturated carbocycles. The molecule has 0 saturated heterocycles. The average Bonchev–Trinajstić information content (AvgIpc) is 3.42. The van der Waals surface area contributed by atoms with Gasteiger partial charge in [0.2, 0.25) is 0 Å². The van der Waals surface area contributed by atoms with Crippen molar-refractivity contribution in [2.24, 2.45) is 7.05 Å². The second-order valence-corrected chi connectivity index (χ2v) is 8.80. The lowest BCUT2D eigenvalue weighted by atomic mass is 9.88. The molecule has 0 aliphatic carbocycles. The number of fused-ring (bicyclic) bond motifs is 3. The van der Waals surface area contributed by atoms with Crippen LogP contribution < -0.4 is 10.2 Å². The van der Waals surface area contributed by atoms with Crippen molar-refractivity contribution in [3.8, 4) is 11.4 Å². The van der Waals surface area contributed by atoms with Crippen molar-refractivity contribution in [1.29, 1.82) is 0 Å². The first-order valence-corrected chi connectivity index (χ1v) is 10.6. The summed E-state index contributed by atoms with van der Waals surface area (Å²) in [5.74, 6) is 0. The number of anilines is 2. The molecule has 0 bridgehead atoms. The molecule has 4 aromatic heterocycles. The molecule has 9 nitrogen and oxygen atoms in total. The highest BCUT2D eigenvalue weighted by molar-refractivity contribution is 6.33. The lowest BCUT2D eigenvalue weighted by Gasteiger charge is -2.28. The number of nitrogens with one attached hydrogen (secondary N) is 1. The number of rotatable bonds is 2. The summed E-state index contributed by atoms with van der Waals surface area (Å²) in [6.07, 6.45) is -0.404. The number of alkyl halides is 3. The topological polar surface area (TPSA) is 93.2 Å². The maximum Gasteiger partial charge on any atom is 0.401 e. The molecular weight excluding hydrogens is 496 g/mol. The molecule has 1 atom stereocenters. The van der Waals surface area contributed by atoms with E-state index >= 15 is 0 Å². The molecule has 1 aliphatic rings. The molecular formula is C20H15Cl2F3N8O. The first kappa shape index (κ1) is 22.4. The van der Waals surface area contributed by atoms with E-state index in [1.807, 2.05) is 0 Å². The summed E-state index contributed by atoms with van der Waals surface area (Å²) in [6.45, 7) is 0.331. The van der Waals surface area contributed by atoms with Crippen LogP contribution in [-0.4, -0.2) is 48.1 Å². The number of carbonyl (C=O) groups excluding carboxylic acids is 1. The highest BCUT2D eigenvalue weighted by Crippen LogP contribution is 2.50. The standard InChI is InChI=1S/C20H15Cl2F3N8O/c1-19(20(23,24)25)9-32(13-8-26-15-6-14(22)30-33(15)17(13)19)18(34)28-10-5-11(21)16(27-7-10)12-3-4-31(2)29-12/h3-8H,9H2,1-2H3,(H,28,34)/t19-/m1/s1. The Hall–Kier alpha value is -3.38. The summed E-state index contributed by atoms with van der Waals surface area (Å²) >= 11 is 12.2. The van der Waals surface area contributed by atoms with Crippen molar-refractivity contribution in [2.45, 2.75) is 18.5 Å². The van der Waals surface area contributed by atoms with Gasteiger partial charge in [-0.25, -0.2) is 14.3 Å². The second-order valence-electron chi connectivity index (χ2n) is 8.00. The van der Waals surface area contributed by atoms with Crippen LogP contribution in [0.4, 0.5) is 29.3 Å². The Labute approximate surface area is 200 Å². The molecule has 176 valence electrons. The molecule has 4 aromatic rings. The van der Waals surface area contributed by atoms with Crippen molar-refractivity contribution in [3.63, 3.8) is 0 Å². The highest BCUT2D eigenvalue weighted by atomic mass is 35.5. The molecule has 0 radical (unpaired) electrons. The van der Waals surface area contributed by atoms with Gasteiger partial charge in [-0.05, 0) is 19.1 Å². The third-order valence-electron chi connectivity index (χ3n) is 5.64. The predicted molar refractivity (Wildman–Crippen MR) is 119 cm³/mol. The number of hydrogen-bond acceptors (Lipinski definition) is 5. The van der Waals surface area contributed by atoms with Crippen LogP contribution in [-0.2, 0) is 12.5 Å². The van der Waals surface area contributed by atoms with Gasteiger partial charge in [0.1, 0.15) is 16.8 Å². The number of carbonyl (C=O) groups is 1. The van der Waals surface area contributed by atoms with Crippen LogP contribution in [0.3, 0.4) is 0 Å². The minimum atomic E-state index is -4.68. The smallest absolute Gasteiger partial charge is 0.306 e. The van der Waals surface area contributed by atoms with E-state index in [0.717, 1.165) is 16.3 Å². The number of urea groups is 1. The lowest BCUT2D eigenvalue weighted by molar-refractivity contribution is -0.181. The number of aryl methyl sites for hydroxylation is 1. The molecule has 1 aliphatic heterocycles. The zero-order valence-corrected chi connectivity index (χ0v) is 19.1. The van der Waals surface area contributed by atoms with Gasteiger partial charge in [-0.3, -0.25) is 14.6 Å². The largest absolute Gasteiger partial charge is 0.401 e. The second kappa shape index (κ2) is 7.57. The zero-order chi connectivity index (χ0) is 24.4. The number of amides is 2. The summed E-state index contributed by atoms with van der Waals surface area (Å²) in [6, 6.07) is 3.71. The summed E-state index contributed by atoms with van der Waals surface area (Å²) in [5, 5.41) is 10.9. The number of hydrogen-bond donors (Lipinski definition) is 1. The quantitative estimate of drug-likeness (QED) is 0.421. The molecule has 14 heteroatoms. The van der Waals surface area contributed by atoms with Crippen molar-refractivity contribution in [2.75, 3.05) is 16.8 Å². The van der Waals surface area contributed by atoms with Crippen molar-refractivity contribution < 1.29 is 18.0 Å². The van der Waals surface area contributed by atoms with Crippen LogP contribution in [0.15, 0.2) is 36.8 Å². The maximum atomic E-state index is 14.2. The van der Waals surface area contributed by atoms with Gasteiger partial charge < -0.3 is 5.32 Å². The van der Waals surface area contributed by atoms with Crippen LogP contribution in [0.5, 0.6) is 0 Å². The van der Waals surface area contributed by atoms with E-state index in [1.165, 1.54) is 24.5 Å². The Morgan fingerprint density at radius 2 is 1.94 bits per heavy atom.